The summed E-state index contributed by atoms with van der Waals surface area (Å²) in [5.74, 6) is 0.178. The predicted octanol–water partition coefficient (Wildman–Crippen LogP) is 7.06. The van der Waals surface area contributed by atoms with Gasteiger partial charge in [-0.1, -0.05) is 62.9 Å². The Kier molecular flexibility index (Phi) is 7.78. The van der Waals surface area contributed by atoms with Crippen molar-refractivity contribution in [1.82, 2.24) is 5.43 Å². The average Bonchev–Trinajstić information content (AvgIpc) is 2.68. The molecule has 1 amide bonds. The molecule has 0 radical (unpaired) electrons. The summed E-state index contributed by atoms with van der Waals surface area (Å²) in [6.45, 7) is 2.15. The number of rotatable bonds is 6. The summed E-state index contributed by atoms with van der Waals surface area (Å²) in [5.41, 5.74) is 5.27. The summed E-state index contributed by atoms with van der Waals surface area (Å²) in [5, 5.41) is 5.49. The van der Waals surface area contributed by atoms with Gasteiger partial charge in [0.2, 0.25) is 0 Å². The number of carbonyl (C=O) groups excluding carboxylic acids is 1. The number of nitrogens with one attached hydrogen (secondary N) is 1. The van der Waals surface area contributed by atoms with Crippen molar-refractivity contribution >= 4 is 62.9 Å². The number of amides is 1. The molecule has 3 aromatic rings. The van der Waals surface area contributed by atoms with E-state index in [0.717, 1.165) is 15.6 Å². The van der Waals surface area contributed by atoms with Crippen molar-refractivity contribution in [3.05, 3.63) is 96.4 Å². The summed E-state index contributed by atoms with van der Waals surface area (Å²) in [4.78, 5) is 12.3. The van der Waals surface area contributed by atoms with Crippen LogP contribution < -0.4 is 10.2 Å². The molecule has 3 aromatic carbocycles. The SMILES string of the molecule is Cc1ccc(C(=O)N/N=C\c2cc(Br)ccc2OCc2ccc(Cl)cc2Cl)c(Cl)c1. The van der Waals surface area contributed by atoms with E-state index in [1.165, 1.54) is 6.21 Å². The standard InChI is InChI=1S/C22H16BrCl3N2O2/c1-13-2-6-18(20(26)8-13)22(29)28-27-11-15-9-16(23)4-7-21(15)30-12-14-3-5-17(24)10-19(14)25/h2-11H,12H2,1H3,(H,28,29)/b27-11-. The normalized spacial score (nSPS) is 11.0. The fourth-order valence-corrected chi connectivity index (χ4v) is 3.73. The minimum atomic E-state index is -0.401. The highest BCUT2D eigenvalue weighted by Crippen LogP contribution is 2.26. The van der Waals surface area contributed by atoms with Gasteiger partial charge in [0.1, 0.15) is 12.4 Å². The topological polar surface area (TPSA) is 50.7 Å². The van der Waals surface area contributed by atoms with Crippen LogP contribution in [0.4, 0.5) is 0 Å². The third-order valence-electron chi connectivity index (χ3n) is 4.11. The van der Waals surface area contributed by atoms with Gasteiger partial charge in [0, 0.05) is 25.6 Å². The van der Waals surface area contributed by atoms with E-state index in [2.05, 4.69) is 26.5 Å². The third kappa shape index (κ3) is 5.99. The van der Waals surface area contributed by atoms with Gasteiger partial charge in [-0.25, -0.2) is 5.43 Å². The molecule has 1 N–H and O–H groups in total. The van der Waals surface area contributed by atoms with Crippen LogP contribution in [0.15, 0.2) is 64.2 Å². The first-order chi connectivity index (χ1) is 14.3. The number of nitrogens with zero attached hydrogens (tertiary/aromatic N) is 1. The zero-order valence-electron chi connectivity index (χ0n) is 15.8. The van der Waals surface area contributed by atoms with Crippen molar-refractivity contribution < 1.29 is 9.53 Å². The Labute approximate surface area is 197 Å². The average molecular weight is 527 g/mol. The molecule has 0 saturated carbocycles. The van der Waals surface area contributed by atoms with Gasteiger partial charge in [-0.15, -0.1) is 0 Å². The van der Waals surface area contributed by atoms with Crippen LogP contribution in [0.1, 0.15) is 27.0 Å². The van der Waals surface area contributed by atoms with Gasteiger partial charge in [0.25, 0.3) is 5.91 Å². The molecule has 0 aliphatic carbocycles. The number of hydrogen-bond donors (Lipinski definition) is 1. The Morgan fingerprint density at radius 2 is 1.87 bits per heavy atom. The Bertz CT molecular complexity index is 1120. The van der Waals surface area contributed by atoms with Crippen LogP contribution in [0.25, 0.3) is 0 Å². The van der Waals surface area contributed by atoms with E-state index in [0.29, 0.717) is 31.9 Å². The summed E-state index contributed by atoms with van der Waals surface area (Å²) < 4.78 is 6.74. The number of halogens is 4. The number of aryl methyl sites for hydroxylation is 1. The molecule has 8 heteroatoms. The molecule has 0 bridgehead atoms. The molecular weight excluding hydrogens is 511 g/mol. The fourth-order valence-electron chi connectivity index (χ4n) is 2.57. The van der Waals surface area contributed by atoms with Crippen LogP contribution in [0.5, 0.6) is 5.75 Å². The van der Waals surface area contributed by atoms with E-state index in [4.69, 9.17) is 39.5 Å². The minimum Gasteiger partial charge on any atom is -0.488 e. The molecule has 0 fully saturated rings. The van der Waals surface area contributed by atoms with Crippen LogP contribution in [-0.4, -0.2) is 12.1 Å². The second-order valence-corrected chi connectivity index (χ2v) is 8.56. The van der Waals surface area contributed by atoms with E-state index >= 15 is 0 Å². The number of hydrogen-bond acceptors (Lipinski definition) is 3. The molecule has 0 saturated heterocycles. The quantitative estimate of drug-likeness (QED) is 0.276. The van der Waals surface area contributed by atoms with Crippen LogP contribution in [-0.2, 0) is 6.61 Å². The van der Waals surface area contributed by atoms with E-state index in [9.17, 15) is 4.79 Å². The molecule has 0 spiro atoms. The zero-order valence-corrected chi connectivity index (χ0v) is 19.6. The highest BCUT2D eigenvalue weighted by atomic mass is 79.9. The maximum atomic E-state index is 12.3. The lowest BCUT2D eigenvalue weighted by atomic mass is 10.1. The number of carbonyl (C=O) groups is 1. The maximum absolute atomic E-state index is 12.3. The smallest absolute Gasteiger partial charge is 0.272 e. The molecule has 0 atom stereocenters. The molecule has 4 nitrogen and oxygen atoms in total. The lowest BCUT2D eigenvalue weighted by Gasteiger charge is -2.11. The van der Waals surface area contributed by atoms with Crippen molar-refractivity contribution in [1.29, 1.82) is 0 Å². The predicted molar refractivity (Wildman–Crippen MR) is 126 cm³/mol. The first kappa shape index (κ1) is 22.6. The van der Waals surface area contributed by atoms with Crippen molar-refractivity contribution in [2.75, 3.05) is 0 Å². The highest BCUT2D eigenvalue weighted by Gasteiger charge is 2.10. The van der Waals surface area contributed by atoms with Crippen LogP contribution in [0, 0.1) is 6.92 Å². The van der Waals surface area contributed by atoms with Gasteiger partial charge in [-0.2, -0.15) is 5.10 Å². The van der Waals surface area contributed by atoms with Crippen molar-refractivity contribution in [3.63, 3.8) is 0 Å². The zero-order chi connectivity index (χ0) is 21.7. The molecular formula is C22H16BrCl3N2O2. The van der Waals surface area contributed by atoms with Gasteiger partial charge >= 0.3 is 0 Å². The second kappa shape index (κ2) is 10.3. The molecule has 0 heterocycles. The summed E-state index contributed by atoms with van der Waals surface area (Å²) in [6, 6.07) is 15.9. The van der Waals surface area contributed by atoms with E-state index in [1.54, 1.807) is 30.3 Å². The van der Waals surface area contributed by atoms with E-state index < -0.39 is 5.91 Å². The van der Waals surface area contributed by atoms with Crippen LogP contribution in [0.2, 0.25) is 15.1 Å². The summed E-state index contributed by atoms with van der Waals surface area (Å²) in [6.07, 6.45) is 1.50. The molecule has 0 aliphatic heterocycles. The first-order valence-corrected chi connectivity index (χ1v) is 10.7. The van der Waals surface area contributed by atoms with E-state index in [1.807, 2.05) is 31.2 Å². The summed E-state index contributed by atoms with van der Waals surface area (Å²) in [7, 11) is 0. The Balaban J connectivity index is 1.72. The lowest BCUT2D eigenvalue weighted by Crippen LogP contribution is -2.18. The Morgan fingerprint density at radius 3 is 2.60 bits per heavy atom. The highest BCUT2D eigenvalue weighted by molar-refractivity contribution is 9.10. The molecule has 154 valence electrons. The van der Waals surface area contributed by atoms with Gasteiger partial charge in [0.15, 0.2) is 0 Å². The fraction of sp³-hybridized carbons (Fsp3) is 0.0909. The Hall–Kier alpha value is -2.05. The number of ether oxygens (including phenoxy) is 1. The van der Waals surface area contributed by atoms with Gasteiger partial charge in [0.05, 0.1) is 16.8 Å². The molecule has 3 rings (SSSR count). The van der Waals surface area contributed by atoms with Crippen molar-refractivity contribution in [2.45, 2.75) is 13.5 Å². The maximum Gasteiger partial charge on any atom is 0.272 e. The van der Waals surface area contributed by atoms with Gasteiger partial charge in [-0.3, -0.25) is 4.79 Å². The van der Waals surface area contributed by atoms with Crippen molar-refractivity contribution in [3.8, 4) is 5.75 Å². The molecule has 0 aromatic heterocycles. The summed E-state index contributed by atoms with van der Waals surface area (Å²) >= 11 is 21.7. The van der Waals surface area contributed by atoms with Gasteiger partial charge in [-0.05, 0) is 55.0 Å². The first-order valence-electron chi connectivity index (χ1n) is 8.79. The lowest BCUT2D eigenvalue weighted by molar-refractivity contribution is 0.0955. The van der Waals surface area contributed by atoms with E-state index in [-0.39, 0.29) is 6.61 Å². The van der Waals surface area contributed by atoms with Crippen LogP contribution in [0.3, 0.4) is 0 Å². The van der Waals surface area contributed by atoms with Crippen molar-refractivity contribution in [2.24, 2.45) is 5.10 Å². The van der Waals surface area contributed by atoms with Gasteiger partial charge < -0.3 is 4.74 Å². The Morgan fingerprint density at radius 1 is 1.07 bits per heavy atom. The molecule has 0 unspecified atom stereocenters. The largest absolute Gasteiger partial charge is 0.488 e. The molecule has 30 heavy (non-hydrogen) atoms. The minimum absolute atomic E-state index is 0.254. The number of hydrazone groups is 1. The monoisotopic (exact) mass is 524 g/mol. The van der Waals surface area contributed by atoms with Crippen LogP contribution >= 0.6 is 50.7 Å². The molecule has 0 aliphatic rings. The second-order valence-electron chi connectivity index (χ2n) is 6.39. The number of benzene rings is 3. The third-order valence-corrected chi connectivity index (χ3v) is 5.50.